The van der Waals surface area contributed by atoms with E-state index in [9.17, 15) is 14.4 Å². The molecular formula is C34H31N3O4. The summed E-state index contributed by atoms with van der Waals surface area (Å²) in [5.41, 5.74) is 3.93. The summed E-state index contributed by atoms with van der Waals surface area (Å²) in [6.07, 6.45) is 3.86. The highest BCUT2D eigenvalue weighted by atomic mass is 16.6. The maximum absolute atomic E-state index is 13.7. The highest BCUT2D eigenvalue weighted by Gasteiger charge is 2.40. The normalized spacial score (nSPS) is 14.1. The van der Waals surface area contributed by atoms with Crippen molar-refractivity contribution in [3.05, 3.63) is 108 Å². The molecule has 206 valence electrons. The largest absolute Gasteiger partial charge is 0.443 e. The van der Waals surface area contributed by atoms with Crippen LogP contribution in [-0.2, 0) is 27.3 Å². The molecule has 5 aromatic rings. The molecule has 0 atom stereocenters. The van der Waals surface area contributed by atoms with E-state index in [1.807, 2.05) is 72.9 Å². The summed E-state index contributed by atoms with van der Waals surface area (Å²) in [6, 6.07) is 25.5. The summed E-state index contributed by atoms with van der Waals surface area (Å²) < 4.78 is 9.21. The number of imide groups is 1. The maximum Gasteiger partial charge on any atom is 0.419 e. The first kappa shape index (κ1) is 26.3. The Balaban J connectivity index is 1.54. The fourth-order valence-corrected chi connectivity index (χ4v) is 5.51. The van der Waals surface area contributed by atoms with Crippen molar-refractivity contribution in [2.75, 3.05) is 7.05 Å². The van der Waals surface area contributed by atoms with Gasteiger partial charge in [0.15, 0.2) is 0 Å². The molecule has 0 unspecified atom stereocenters. The number of likely N-dealkylation sites (N-methyl/N-ethyl adjacent to an activating group) is 1. The van der Waals surface area contributed by atoms with Crippen LogP contribution < -0.4 is 0 Å². The number of hydrogen-bond donors (Lipinski definition) is 0. The van der Waals surface area contributed by atoms with E-state index in [2.05, 4.69) is 16.7 Å². The van der Waals surface area contributed by atoms with Gasteiger partial charge in [0, 0.05) is 53.4 Å². The molecule has 0 N–H and O–H groups in total. The minimum atomic E-state index is -0.700. The molecule has 7 nitrogen and oxygen atoms in total. The minimum Gasteiger partial charge on any atom is -0.443 e. The SMILES string of the molecule is CN1C(=O)C(c2cn(CCc3ccccc3)c3ccccc23)=C(c2cn(C(=O)OC(C)(C)C)c3ccccc23)C1=O. The van der Waals surface area contributed by atoms with Crippen LogP contribution in [0.1, 0.15) is 37.5 Å². The van der Waals surface area contributed by atoms with E-state index in [1.165, 1.54) is 17.2 Å². The Labute approximate surface area is 238 Å². The molecule has 0 spiro atoms. The average molecular weight is 546 g/mol. The van der Waals surface area contributed by atoms with Gasteiger partial charge in [-0.1, -0.05) is 66.7 Å². The van der Waals surface area contributed by atoms with Crippen molar-refractivity contribution in [1.82, 2.24) is 14.0 Å². The smallest absolute Gasteiger partial charge is 0.419 e. The quantitative estimate of drug-likeness (QED) is 0.235. The van der Waals surface area contributed by atoms with Crippen LogP contribution in [0.4, 0.5) is 4.79 Å². The number of ether oxygens (including phenoxy) is 1. The Hall–Kier alpha value is -4.91. The van der Waals surface area contributed by atoms with Gasteiger partial charge in [-0.2, -0.15) is 0 Å². The molecule has 1 aliphatic rings. The van der Waals surface area contributed by atoms with Gasteiger partial charge >= 0.3 is 6.09 Å². The Morgan fingerprint density at radius 1 is 0.732 bits per heavy atom. The van der Waals surface area contributed by atoms with Crippen molar-refractivity contribution in [2.24, 2.45) is 0 Å². The number of nitrogens with zero attached hydrogens (tertiary/aromatic N) is 3. The number of carbonyl (C=O) groups is 3. The molecule has 2 amide bonds. The van der Waals surface area contributed by atoms with Gasteiger partial charge in [-0.25, -0.2) is 4.79 Å². The number of hydrogen-bond acceptors (Lipinski definition) is 4. The van der Waals surface area contributed by atoms with E-state index in [0.717, 1.165) is 22.2 Å². The number of aromatic nitrogens is 2. The second-order valence-electron chi connectivity index (χ2n) is 11.3. The van der Waals surface area contributed by atoms with Crippen LogP contribution in [0, 0.1) is 0 Å². The van der Waals surface area contributed by atoms with Crippen LogP contribution in [0.2, 0.25) is 0 Å². The highest BCUT2D eigenvalue weighted by molar-refractivity contribution is 6.50. The molecule has 0 saturated carbocycles. The van der Waals surface area contributed by atoms with Crippen molar-refractivity contribution in [1.29, 1.82) is 0 Å². The first-order valence-corrected chi connectivity index (χ1v) is 13.7. The fraction of sp³-hybridized carbons (Fsp3) is 0.206. The zero-order valence-corrected chi connectivity index (χ0v) is 23.5. The lowest BCUT2D eigenvalue weighted by Crippen LogP contribution is -2.27. The van der Waals surface area contributed by atoms with E-state index in [1.54, 1.807) is 27.0 Å². The number of fused-ring (bicyclic) bond motifs is 2. The average Bonchev–Trinajstić information content (AvgIpc) is 3.58. The first-order chi connectivity index (χ1) is 19.6. The Bertz CT molecular complexity index is 1870. The lowest BCUT2D eigenvalue weighted by Gasteiger charge is -2.19. The van der Waals surface area contributed by atoms with E-state index < -0.39 is 17.6 Å². The van der Waals surface area contributed by atoms with Crippen LogP contribution in [0.25, 0.3) is 33.0 Å². The predicted molar refractivity (Wildman–Crippen MR) is 160 cm³/mol. The van der Waals surface area contributed by atoms with E-state index in [0.29, 0.717) is 34.1 Å². The van der Waals surface area contributed by atoms with Crippen molar-refractivity contribution in [3.63, 3.8) is 0 Å². The third kappa shape index (κ3) is 4.63. The lowest BCUT2D eigenvalue weighted by molar-refractivity contribution is -0.134. The Kier molecular flexibility index (Phi) is 6.37. The minimum absolute atomic E-state index is 0.280. The van der Waals surface area contributed by atoms with Crippen LogP contribution >= 0.6 is 0 Å². The fourth-order valence-electron chi connectivity index (χ4n) is 5.51. The number of aryl methyl sites for hydroxylation is 2. The third-order valence-electron chi connectivity index (χ3n) is 7.40. The molecule has 0 saturated heterocycles. The second-order valence-corrected chi connectivity index (χ2v) is 11.3. The summed E-state index contributed by atoms with van der Waals surface area (Å²) in [5.74, 6) is -0.775. The van der Waals surface area contributed by atoms with Crippen molar-refractivity contribution >= 4 is 50.9 Å². The number of para-hydroxylation sites is 2. The Morgan fingerprint density at radius 2 is 1.27 bits per heavy atom. The van der Waals surface area contributed by atoms with E-state index in [4.69, 9.17) is 4.74 Å². The molecule has 7 heteroatoms. The first-order valence-electron chi connectivity index (χ1n) is 13.7. The van der Waals surface area contributed by atoms with Crippen LogP contribution in [-0.4, -0.2) is 44.6 Å². The van der Waals surface area contributed by atoms with Gasteiger partial charge < -0.3 is 9.30 Å². The molecular weight excluding hydrogens is 514 g/mol. The molecule has 3 heterocycles. The Morgan fingerprint density at radius 3 is 1.90 bits per heavy atom. The van der Waals surface area contributed by atoms with Gasteiger partial charge in [-0.05, 0) is 44.9 Å². The number of amides is 2. The van der Waals surface area contributed by atoms with Gasteiger partial charge in [-0.3, -0.25) is 19.1 Å². The molecule has 0 bridgehead atoms. The molecule has 6 rings (SSSR count). The van der Waals surface area contributed by atoms with Crippen LogP contribution in [0.15, 0.2) is 91.3 Å². The van der Waals surface area contributed by atoms with E-state index >= 15 is 0 Å². The number of carbonyl (C=O) groups excluding carboxylic acids is 3. The zero-order valence-electron chi connectivity index (χ0n) is 23.5. The van der Waals surface area contributed by atoms with Gasteiger partial charge in [0.2, 0.25) is 0 Å². The van der Waals surface area contributed by atoms with Gasteiger partial charge in [0.1, 0.15) is 5.60 Å². The summed E-state index contributed by atoms with van der Waals surface area (Å²) in [4.78, 5) is 41.8. The molecule has 0 fully saturated rings. The number of rotatable bonds is 5. The topological polar surface area (TPSA) is 73.5 Å². The predicted octanol–water partition coefficient (Wildman–Crippen LogP) is 6.53. The van der Waals surface area contributed by atoms with Gasteiger partial charge in [-0.15, -0.1) is 0 Å². The monoisotopic (exact) mass is 545 g/mol. The second kappa shape index (κ2) is 9.93. The summed E-state index contributed by atoms with van der Waals surface area (Å²) in [7, 11) is 1.50. The summed E-state index contributed by atoms with van der Waals surface area (Å²) >= 11 is 0. The molecule has 3 aromatic carbocycles. The third-order valence-corrected chi connectivity index (χ3v) is 7.40. The summed E-state index contributed by atoms with van der Waals surface area (Å²) in [6.45, 7) is 6.13. The van der Waals surface area contributed by atoms with Crippen molar-refractivity contribution in [2.45, 2.75) is 39.3 Å². The molecule has 2 aromatic heterocycles. The zero-order chi connectivity index (χ0) is 28.9. The molecule has 1 aliphatic heterocycles. The van der Waals surface area contributed by atoms with Gasteiger partial charge in [0.05, 0.1) is 16.7 Å². The maximum atomic E-state index is 13.7. The molecule has 41 heavy (non-hydrogen) atoms. The summed E-state index contributed by atoms with van der Waals surface area (Å²) in [5, 5.41) is 1.58. The lowest BCUT2D eigenvalue weighted by atomic mass is 9.95. The number of benzene rings is 3. The van der Waals surface area contributed by atoms with E-state index in [-0.39, 0.29) is 11.5 Å². The van der Waals surface area contributed by atoms with Crippen LogP contribution in [0.5, 0.6) is 0 Å². The molecule has 0 radical (unpaired) electrons. The molecule has 0 aliphatic carbocycles. The van der Waals surface area contributed by atoms with Gasteiger partial charge in [0.25, 0.3) is 11.8 Å². The van der Waals surface area contributed by atoms with Crippen LogP contribution in [0.3, 0.4) is 0 Å². The highest BCUT2D eigenvalue weighted by Crippen LogP contribution is 2.41. The standard InChI is InChI=1S/C34H31N3O4/c1-34(2,3)41-33(40)37-21-26(24-15-9-11-17-28(24)37)30-29(31(38)35(4)32(30)39)25-20-36(27-16-10-8-14-23(25)27)19-18-22-12-6-5-7-13-22/h5-17,20-21H,18-19H2,1-4H3. The van der Waals surface area contributed by atoms with Crippen molar-refractivity contribution < 1.29 is 19.1 Å². The van der Waals surface area contributed by atoms with Crippen molar-refractivity contribution in [3.8, 4) is 0 Å².